The Morgan fingerprint density at radius 2 is 2.00 bits per heavy atom. The third kappa shape index (κ3) is 4.85. The molecule has 0 aromatic heterocycles. The highest BCUT2D eigenvalue weighted by Crippen LogP contribution is 2.14. The van der Waals surface area contributed by atoms with Gasteiger partial charge in [0.05, 0.1) is 12.7 Å². The number of esters is 1. The van der Waals surface area contributed by atoms with E-state index in [0.29, 0.717) is 0 Å². The predicted octanol–water partition coefficient (Wildman–Crippen LogP) is 1.29. The second-order valence-electron chi connectivity index (χ2n) is 4.37. The largest absolute Gasteiger partial charge is 0.465 e. The summed E-state index contributed by atoms with van der Waals surface area (Å²) >= 11 is 0. The van der Waals surface area contributed by atoms with E-state index in [1.54, 1.807) is 37.3 Å². The average molecular weight is 310 g/mol. The smallest absolute Gasteiger partial charge is 0.321 e. The quantitative estimate of drug-likeness (QED) is 0.708. The van der Waals surface area contributed by atoms with Crippen molar-refractivity contribution in [3.05, 3.63) is 35.9 Å². The van der Waals surface area contributed by atoms with Crippen molar-refractivity contribution in [1.29, 1.82) is 5.26 Å². The molecular weight excluding hydrogens is 292 g/mol. The topological polar surface area (TPSA) is 87.5 Å². The van der Waals surface area contributed by atoms with Crippen LogP contribution in [0.1, 0.15) is 19.4 Å². The van der Waals surface area contributed by atoms with Gasteiger partial charge < -0.3 is 4.74 Å². The second kappa shape index (κ2) is 7.76. The van der Waals surface area contributed by atoms with Gasteiger partial charge in [-0.2, -0.15) is 9.57 Å². The molecular formula is C14H18N2O4S. The van der Waals surface area contributed by atoms with Crippen LogP contribution in [0.3, 0.4) is 0 Å². The van der Waals surface area contributed by atoms with Crippen molar-refractivity contribution in [2.75, 3.05) is 13.2 Å². The molecule has 0 aliphatic rings. The summed E-state index contributed by atoms with van der Waals surface area (Å²) in [5.74, 6) is -0.637. The summed E-state index contributed by atoms with van der Waals surface area (Å²) < 4.78 is 30.4. The Morgan fingerprint density at radius 3 is 2.52 bits per heavy atom. The zero-order chi connectivity index (χ0) is 15.9. The van der Waals surface area contributed by atoms with E-state index in [4.69, 9.17) is 10.00 Å². The standard InChI is InChI=1S/C14H18N2O4S/c1-3-20-14(17)11-16(21(18,19)12(2)9-15)10-13-7-5-4-6-8-13/h4-8,12H,3,10-11H2,1-2H3. The number of carbonyl (C=O) groups is 1. The molecule has 0 bridgehead atoms. The highest BCUT2D eigenvalue weighted by molar-refractivity contribution is 7.89. The zero-order valence-corrected chi connectivity index (χ0v) is 12.8. The van der Waals surface area contributed by atoms with Gasteiger partial charge >= 0.3 is 5.97 Å². The molecule has 0 saturated heterocycles. The normalized spacial score (nSPS) is 12.7. The Hall–Kier alpha value is -1.91. The van der Waals surface area contributed by atoms with Gasteiger partial charge in [-0.15, -0.1) is 0 Å². The fourth-order valence-electron chi connectivity index (χ4n) is 1.66. The van der Waals surface area contributed by atoms with Crippen LogP contribution < -0.4 is 0 Å². The molecule has 0 saturated carbocycles. The van der Waals surface area contributed by atoms with Crippen LogP contribution in [0.25, 0.3) is 0 Å². The number of hydrogen-bond acceptors (Lipinski definition) is 5. The van der Waals surface area contributed by atoms with E-state index in [-0.39, 0.29) is 13.2 Å². The van der Waals surface area contributed by atoms with Gasteiger partial charge in [0.2, 0.25) is 10.0 Å². The summed E-state index contributed by atoms with van der Waals surface area (Å²) in [6.45, 7) is 2.72. The summed E-state index contributed by atoms with van der Waals surface area (Å²) in [5, 5.41) is 7.62. The summed E-state index contributed by atoms with van der Waals surface area (Å²) in [6.07, 6.45) is 0. The van der Waals surface area contributed by atoms with Gasteiger partial charge in [0.1, 0.15) is 6.54 Å². The first-order chi connectivity index (χ1) is 9.91. The van der Waals surface area contributed by atoms with Gasteiger partial charge in [-0.05, 0) is 19.4 Å². The van der Waals surface area contributed by atoms with Crippen LogP contribution in [0.15, 0.2) is 30.3 Å². The van der Waals surface area contributed by atoms with Gasteiger partial charge in [-0.3, -0.25) is 4.79 Å². The van der Waals surface area contributed by atoms with Crippen LogP contribution in [-0.4, -0.2) is 37.1 Å². The van der Waals surface area contributed by atoms with Crippen LogP contribution in [0.5, 0.6) is 0 Å². The van der Waals surface area contributed by atoms with Crippen molar-refractivity contribution in [2.24, 2.45) is 0 Å². The van der Waals surface area contributed by atoms with E-state index in [9.17, 15) is 13.2 Å². The lowest BCUT2D eigenvalue weighted by molar-refractivity contribution is -0.143. The minimum Gasteiger partial charge on any atom is -0.465 e. The molecule has 0 radical (unpaired) electrons. The van der Waals surface area contributed by atoms with E-state index in [1.807, 2.05) is 6.07 Å². The number of hydrogen-bond donors (Lipinski definition) is 0. The fraction of sp³-hybridized carbons (Fsp3) is 0.429. The third-order valence-electron chi connectivity index (χ3n) is 2.80. The van der Waals surface area contributed by atoms with E-state index in [1.165, 1.54) is 6.92 Å². The van der Waals surface area contributed by atoms with Crippen molar-refractivity contribution in [3.63, 3.8) is 0 Å². The predicted molar refractivity (Wildman–Crippen MR) is 77.5 cm³/mol. The Bertz CT molecular complexity index is 608. The summed E-state index contributed by atoms with van der Waals surface area (Å²) in [6, 6.07) is 10.6. The molecule has 0 heterocycles. The van der Waals surface area contributed by atoms with Crippen LogP contribution in [0.2, 0.25) is 0 Å². The molecule has 0 spiro atoms. The highest BCUT2D eigenvalue weighted by Gasteiger charge is 2.30. The van der Waals surface area contributed by atoms with Gasteiger partial charge in [0.15, 0.2) is 5.25 Å². The number of rotatable bonds is 7. The first kappa shape index (κ1) is 17.1. The number of ether oxygens (including phenoxy) is 1. The number of nitriles is 1. The first-order valence-corrected chi connectivity index (χ1v) is 8.00. The molecule has 6 nitrogen and oxygen atoms in total. The Morgan fingerprint density at radius 1 is 1.38 bits per heavy atom. The fourth-order valence-corrected chi connectivity index (χ4v) is 2.86. The second-order valence-corrected chi connectivity index (χ2v) is 6.63. The molecule has 114 valence electrons. The summed E-state index contributed by atoms with van der Waals surface area (Å²) in [5.41, 5.74) is 0.732. The molecule has 7 heteroatoms. The lowest BCUT2D eigenvalue weighted by atomic mass is 10.2. The van der Waals surface area contributed by atoms with Gasteiger partial charge in [0.25, 0.3) is 0 Å². The van der Waals surface area contributed by atoms with Crippen molar-refractivity contribution in [2.45, 2.75) is 25.6 Å². The van der Waals surface area contributed by atoms with E-state index < -0.39 is 27.8 Å². The minimum atomic E-state index is -3.89. The van der Waals surface area contributed by atoms with Gasteiger partial charge in [-0.25, -0.2) is 8.42 Å². The van der Waals surface area contributed by atoms with E-state index in [2.05, 4.69) is 0 Å². The monoisotopic (exact) mass is 310 g/mol. The van der Waals surface area contributed by atoms with Crippen LogP contribution in [-0.2, 0) is 26.1 Å². The Balaban J connectivity index is 3.00. The molecule has 1 aromatic carbocycles. The number of nitrogens with zero attached hydrogens (tertiary/aromatic N) is 2. The maximum atomic E-state index is 12.3. The van der Waals surface area contributed by atoms with Crippen molar-refractivity contribution in [1.82, 2.24) is 4.31 Å². The molecule has 1 rings (SSSR count). The molecule has 0 aliphatic heterocycles. The number of carbonyl (C=O) groups excluding carboxylic acids is 1. The molecule has 0 amide bonds. The average Bonchev–Trinajstić information content (AvgIpc) is 2.47. The molecule has 1 unspecified atom stereocenters. The SMILES string of the molecule is CCOC(=O)CN(Cc1ccccc1)S(=O)(=O)C(C)C#N. The van der Waals surface area contributed by atoms with Crippen LogP contribution in [0, 0.1) is 11.3 Å². The van der Waals surface area contributed by atoms with Gasteiger partial charge in [-0.1, -0.05) is 30.3 Å². The van der Waals surface area contributed by atoms with Crippen LogP contribution in [0.4, 0.5) is 0 Å². The molecule has 21 heavy (non-hydrogen) atoms. The molecule has 1 aromatic rings. The number of benzene rings is 1. The lowest BCUT2D eigenvalue weighted by Gasteiger charge is -2.22. The zero-order valence-electron chi connectivity index (χ0n) is 12.0. The summed E-state index contributed by atoms with van der Waals surface area (Å²) in [4.78, 5) is 11.6. The molecule has 0 N–H and O–H groups in total. The maximum absolute atomic E-state index is 12.3. The number of sulfonamides is 1. The van der Waals surface area contributed by atoms with E-state index >= 15 is 0 Å². The Kier molecular flexibility index (Phi) is 6.34. The summed E-state index contributed by atoms with van der Waals surface area (Å²) in [7, 11) is -3.89. The van der Waals surface area contributed by atoms with Crippen molar-refractivity contribution >= 4 is 16.0 Å². The molecule has 0 fully saturated rings. The van der Waals surface area contributed by atoms with Gasteiger partial charge in [0, 0.05) is 6.54 Å². The highest BCUT2D eigenvalue weighted by atomic mass is 32.2. The lowest BCUT2D eigenvalue weighted by Crippen LogP contribution is -2.40. The molecule has 1 atom stereocenters. The van der Waals surface area contributed by atoms with E-state index in [0.717, 1.165) is 9.87 Å². The Labute approximate surface area is 125 Å². The van der Waals surface area contributed by atoms with Crippen molar-refractivity contribution in [3.8, 4) is 6.07 Å². The minimum absolute atomic E-state index is 0.0218. The first-order valence-electron chi connectivity index (χ1n) is 6.50. The van der Waals surface area contributed by atoms with Crippen LogP contribution >= 0.6 is 0 Å². The van der Waals surface area contributed by atoms with Crippen molar-refractivity contribution < 1.29 is 17.9 Å². The maximum Gasteiger partial charge on any atom is 0.321 e. The molecule has 0 aliphatic carbocycles. The third-order valence-corrected chi connectivity index (χ3v) is 4.78.